The number of halogens is 1. The number of imide groups is 1. The molecule has 5 heteroatoms. The molecule has 0 unspecified atom stereocenters. The van der Waals surface area contributed by atoms with Crippen LogP contribution in [0.1, 0.15) is 5.56 Å². The summed E-state index contributed by atoms with van der Waals surface area (Å²) in [5, 5.41) is 2.72. The Morgan fingerprint density at radius 1 is 1.15 bits per heavy atom. The number of para-hydroxylation sites is 1. The smallest absolute Gasteiger partial charge is 0.307 e. The Morgan fingerprint density at radius 2 is 1.90 bits per heavy atom. The van der Waals surface area contributed by atoms with Crippen molar-refractivity contribution in [1.82, 2.24) is 0 Å². The van der Waals surface area contributed by atoms with E-state index in [1.54, 1.807) is 18.2 Å². The van der Waals surface area contributed by atoms with Crippen LogP contribution in [0.15, 0.2) is 53.0 Å². The second kappa shape index (κ2) is 5.09. The van der Waals surface area contributed by atoms with Gasteiger partial charge in [-0.1, -0.05) is 34.1 Å². The molecule has 1 aliphatic heterocycles. The normalized spacial score (nSPS) is 13.2. The standard InChI is InChI=1S/C15H11BrN2O2/c16-11-6-7-13-10(8-11)9-14(19)18(13)15(20)17-12-4-2-1-3-5-12/h1-8H,9H2,(H,17,20). The second-order valence-corrected chi connectivity index (χ2v) is 5.39. The number of carbonyl (C=O) groups is 2. The van der Waals surface area contributed by atoms with Gasteiger partial charge in [0.2, 0.25) is 5.91 Å². The van der Waals surface area contributed by atoms with Crippen molar-refractivity contribution < 1.29 is 9.59 Å². The Bertz CT molecular complexity index is 686. The summed E-state index contributed by atoms with van der Waals surface area (Å²) in [6.07, 6.45) is 0.247. The lowest BCUT2D eigenvalue weighted by molar-refractivity contribution is -0.116. The van der Waals surface area contributed by atoms with E-state index < -0.39 is 6.03 Å². The summed E-state index contributed by atoms with van der Waals surface area (Å²) in [6, 6.07) is 14.1. The van der Waals surface area contributed by atoms with Crippen LogP contribution < -0.4 is 10.2 Å². The third-order valence-electron chi connectivity index (χ3n) is 3.10. The zero-order valence-electron chi connectivity index (χ0n) is 10.5. The molecule has 3 rings (SSSR count). The maximum Gasteiger partial charge on any atom is 0.333 e. The van der Waals surface area contributed by atoms with E-state index in [2.05, 4.69) is 21.2 Å². The molecule has 3 amide bonds. The second-order valence-electron chi connectivity index (χ2n) is 4.48. The summed E-state index contributed by atoms with van der Waals surface area (Å²) in [5.74, 6) is -0.216. The fourth-order valence-corrected chi connectivity index (χ4v) is 2.62. The van der Waals surface area contributed by atoms with E-state index in [1.807, 2.05) is 30.3 Å². The topological polar surface area (TPSA) is 49.4 Å². The van der Waals surface area contributed by atoms with E-state index in [-0.39, 0.29) is 12.3 Å². The van der Waals surface area contributed by atoms with Gasteiger partial charge in [0.05, 0.1) is 12.1 Å². The first kappa shape index (κ1) is 12.9. The van der Waals surface area contributed by atoms with Crippen molar-refractivity contribution >= 4 is 39.2 Å². The summed E-state index contributed by atoms with van der Waals surface area (Å²) < 4.78 is 0.898. The fourth-order valence-electron chi connectivity index (χ4n) is 2.21. The van der Waals surface area contributed by atoms with E-state index in [9.17, 15) is 9.59 Å². The molecule has 0 aliphatic carbocycles. The van der Waals surface area contributed by atoms with Crippen molar-refractivity contribution in [2.45, 2.75) is 6.42 Å². The van der Waals surface area contributed by atoms with Gasteiger partial charge in [0.15, 0.2) is 0 Å². The van der Waals surface area contributed by atoms with Crippen LogP contribution >= 0.6 is 15.9 Å². The van der Waals surface area contributed by atoms with E-state index >= 15 is 0 Å². The van der Waals surface area contributed by atoms with Gasteiger partial charge in [0.1, 0.15) is 0 Å². The minimum Gasteiger partial charge on any atom is -0.307 e. The van der Waals surface area contributed by atoms with E-state index in [0.29, 0.717) is 11.4 Å². The van der Waals surface area contributed by atoms with Gasteiger partial charge in [-0.05, 0) is 35.9 Å². The number of hydrogen-bond donors (Lipinski definition) is 1. The molecule has 0 fully saturated rings. The molecule has 0 atom stereocenters. The fraction of sp³-hybridized carbons (Fsp3) is 0.0667. The van der Waals surface area contributed by atoms with Gasteiger partial charge >= 0.3 is 6.03 Å². The van der Waals surface area contributed by atoms with E-state index in [0.717, 1.165) is 10.0 Å². The minimum atomic E-state index is -0.428. The summed E-state index contributed by atoms with van der Waals surface area (Å²) in [4.78, 5) is 25.5. The first-order valence-electron chi connectivity index (χ1n) is 6.12. The van der Waals surface area contributed by atoms with Crippen molar-refractivity contribution in [3.8, 4) is 0 Å². The number of urea groups is 1. The Kier molecular flexibility index (Phi) is 3.28. The zero-order chi connectivity index (χ0) is 14.1. The lowest BCUT2D eigenvalue weighted by Gasteiger charge is -2.16. The van der Waals surface area contributed by atoms with Crippen LogP contribution in [0.3, 0.4) is 0 Å². The van der Waals surface area contributed by atoms with Gasteiger partial charge in [-0.25, -0.2) is 9.69 Å². The molecule has 1 aliphatic rings. The number of nitrogens with one attached hydrogen (secondary N) is 1. The third kappa shape index (κ3) is 2.32. The number of rotatable bonds is 1. The molecule has 20 heavy (non-hydrogen) atoms. The Hall–Kier alpha value is -2.14. The molecule has 1 N–H and O–H groups in total. The highest BCUT2D eigenvalue weighted by Crippen LogP contribution is 2.31. The maximum atomic E-state index is 12.3. The van der Waals surface area contributed by atoms with Crippen LogP contribution in [0.5, 0.6) is 0 Å². The average molecular weight is 331 g/mol. The van der Waals surface area contributed by atoms with Crippen LogP contribution in [0.25, 0.3) is 0 Å². The van der Waals surface area contributed by atoms with Crippen molar-refractivity contribution in [2.24, 2.45) is 0 Å². The van der Waals surface area contributed by atoms with Gasteiger partial charge in [-0.2, -0.15) is 0 Å². The number of benzene rings is 2. The Morgan fingerprint density at radius 3 is 2.65 bits per heavy atom. The summed E-state index contributed by atoms with van der Waals surface area (Å²) >= 11 is 3.37. The Balaban J connectivity index is 1.88. The minimum absolute atomic E-state index is 0.216. The van der Waals surface area contributed by atoms with Gasteiger partial charge in [0, 0.05) is 10.2 Å². The molecule has 100 valence electrons. The molecule has 0 radical (unpaired) electrons. The largest absolute Gasteiger partial charge is 0.333 e. The average Bonchev–Trinajstić information content (AvgIpc) is 2.74. The summed E-state index contributed by atoms with van der Waals surface area (Å²) in [6.45, 7) is 0. The first-order valence-corrected chi connectivity index (χ1v) is 6.92. The lowest BCUT2D eigenvalue weighted by Crippen LogP contribution is -2.37. The molecule has 0 spiro atoms. The van der Waals surface area contributed by atoms with Gasteiger partial charge in [-0.15, -0.1) is 0 Å². The highest BCUT2D eigenvalue weighted by Gasteiger charge is 2.32. The molecular formula is C15H11BrN2O2. The van der Waals surface area contributed by atoms with Crippen molar-refractivity contribution in [2.75, 3.05) is 10.2 Å². The highest BCUT2D eigenvalue weighted by atomic mass is 79.9. The van der Waals surface area contributed by atoms with Crippen LogP contribution in [0.2, 0.25) is 0 Å². The zero-order valence-corrected chi connectivity index (χ0v) is 12.1. The molecule has 4 nitrogen and oxygen atoms in total. The van der Waals surface area contributed by atoms with Crippen LogP contribution in [-0.2, 0) is 11.2 Å². The predicted molar refractivity (Wildman–Crippen MR) is 80.8 cm³/mol. The van der Waals surface area contributed by atoms with Crippen LogP contribution in [0, 0.1) is 0 Å². The number of carbonyl (C=O) groups excluding carboxylic acids is 2. The third-order valence-corrected chi connectivity index (χ3v) is 3.59. The molecule has 0 aromatic heterocycles. The molecule has 0 saturated carbocycles. The number of hydrogen-bond acceptors (Lipinski definition) is 2. The first-order chi connectivity index (χ1) is 9.65. The van der Waals surface area contributed by atoms with E-state index in [1.165, 1.54) is 4.90 Å². The number of amides is 3. The lowest BCUT2D eigenvalue weighted by atomic mass is 10.2. The molecule has 1 heterocycles. The van der Waals surface area contributed by atoms with Crippen molar-refractivity contribution in [3.05, 3.63) is 58.6 Å². The van der Waals surface area contributed by atoms with Crippen LogP contribution in [0.4, 0.5) is 16.2 Å². The highest BCUT2D eigenvalue weighted by molar-refractivity contribution is 9.10. The van der Waals surface area contributed by atoms with E-state index in [4.69, 9.17) is 0 Å². The Labute approximate surface area is 124 Å². The molecule has 0 bridgehead atoms. The molecule has 2 aromatic rings. The van der Waals surface area contributed by atoms with Crippen LogP contribution in [-0.4, -0.2) is 11.9 Å². The molecule has 0 saturated heterocycles. The maximum absolute atomic E-state index is 12.3. The van der Waals surface area contributed by atoms with Gasteiger partial charge < -0.3 is 5.32 Å². The quantitative estimate of drug-likeness (QED) is 0.868. The summed E-state index contributed by atoms with van der Waals surface area (Å²) in [7, 11) is 0. The summed E-state index contributed by atoms with van der Waals surface area (Å²) in [5.41, 5.74) is 2.16. The molecular weight excluding hydrogens is 320 g/mol. The molecule has 2 aromatic carbocycles. The number of fused-ring (bicyclic) bond motifs is 1. The van der Waals surface area contributed by atoms with Gasteiger partial charge in [0.25, 0.3) is 0 Å². The monoisotopic (exact) mass is 330 g/mol. The van der Waals surface area contributed by atoms with Crippen molar-refractivity contribution in [3.63, 3.8) is 0 Å². The SMILES string of the molecule is O=C1Cc2cc(Br)ccc2N1C(=O)Nc1ccccc1. The number of nitrogens with zero attached hydrogens (tertiary/aromatic N) is 1. The van der Waals surface area contributed by atoms with Crippen molar-refractivity contribution in [1.29, 1.82) is 0 Å². The predicted octanol–water partition coefficient (Wildman–Crippen LogP) is 3.57. The number of anilines is 2. The van der Waals surface area contributed by atoms with Gasteiger partial charge in [-0.3, -0.25) is 4.79 Å².